The molecule has 2 bridgehead atoms. The lowest BCUT2D eigenvalue weighted by Gasteiger charge is -2.25. The molecule has 0 spiro atoms. The van der Waals surface area contributed by atoms with Crippen molar-refractivity contribution in [3.63, 3.8) is 0 Å². The van der Waals surface area contributed by atoms with E-state index in [-0.39, 0.29) is 11.7 Å². The zero-order valence-electron chi connectivity index (χ0n) is 17.8. The Morgan fingerprint density at radius 1 is 0.935 bits per heavy atom. The topological polar surface area (TPSA) is 32.8 Å². The third-order valence-corrected chi connectivity index (χ3v) is 5.51. The molecule has 0 N–H and O–H groups in total. The van der Waals surface area contributed by atoms with Gasteiger partial charge in [0.05, 0.1) is 12.2 Å². The summed E-state index contributed by atoms with van der Waals surface area (Å²) < 4.78 is 20.2. The predicted molar refractivity (Wildman–Crippen MR) is 119 cm³/mol. The van der Waals surface area contributed by atoms with Gasteiger partial charge in [0.1, 0.15) is 11.6 Å². The molecule has 3 aromatic carbocycles. The molecule has 4 nitrogen and oxygen atoms in total. The van der Waals surface area contributed by atoms with Gasteiger partial charge in [0, 0.05) is 38.8 Å². The minimum absolute atomic E-state index is 0.0563. The highest BCUT2D eigenvalue weighted by molar-refractivity contribution is 5.96. The van der Waals surface area contributed by atoms with Crippen molar-refractivity contribution in [2.75, 3.05) is 20.2 Å². The Bertz CT molecular complexity index is 1050. The van der Waals surface area contributed by atoms with Gasteiger partial charge in [0.25, 0.3) is 5.91 Å². The summed E-state index contributed by atoms with van der Waals surface area (Å²) in [6, 6.07) is 22.6. The molecule has 0 aliphatic carbocycles. The lowest BCUT2D eigenvalue weighted by atomic mass is 10.1. The number of carbonyl (C=O) groups excluding carboxylic acids is 1. The summed E-state index contributed by atoms with van der Waals surface area (Å²) in [4.78, 5) is 16.9. The monoisotopic (exact) mass is 418 g/mol. The van der Waals surface area contributed by atoms with Crippen LogP contribution in [0.15, 0.2) is 72.8 Å². The van der Waals surface area contributed by atoms with Crippen LogP contribution in [0.1, 0.15) is 33.5 Å². The Morgan fingerprint density at radius 3 is 2.52 bits per heavy atom. The fourth-order valence-corrected chi connectivity index (χ4v) is 3.96. The molecule has 160 valence electrons. The maximum Gasteiger partial charge on any atom is 0.257 e. The fraction of sp³-hybridized carbons (Fsp3) is 0.269. The van der Waals surface area contributed by atoms with Crippen LogP contribution < -0.4 is 4.74 Å². The molecule has 0 unspecified atom stereocenters. The van der Waals surface area contributed by atoms with E-state index >= 15 is 0 Å². The number of fused-ring (bicyclic) bond motifs is 3. The van der Waals surface area contributed by atoms with E-state index in [1.165, 1.54) is 6.07 Å². The largest absolute Gasteiger partial charge is 0.493 e. The highest BCUT2D eigenvalue weighted by Crippen LogP contribution is 2.22. The van der Waals surface area contributed by atoms with Gasteiger partial charge in [-0.3, -0.25) is 9.69 Å². The van der Waals surface area contributed by atoms with E-state index in [0.717, 1.165) is 24.1 Å². The van der Waals surface area contributed by atoms with E-state index < -0.39 is 0 Å². The zero-order chi connectivity index (χ0) is 21.6. The van der Waals surface area contributed by atoms with Crippen LogP contribution in [0.2, 0.25) is 0 Å². The minimum atomic E-state index is -0.180. The number of halogens is 1. The van der Waals surface area contributed by atoms with Crippen molar-refractivity contribution in [2.45, 2.75) is 26.1 Å². The molecule has 4 rings (SSSR count). The van der Waals surface area contributed by atoms with Crippen LogP contribution in [0, 0.1) is 5.82 Å². The van der Waals surface area contributed by atoms with Gasteiger partial charge in [-0.25, -0.2) is 4.39 Å². The standard InChI is InChI=1S/C26H27FN2O2/c1-28-17-20-8-6-9-21(16-20)18-29(19-22-10-2-4-12-24(22)27)14-7-15-31-25-13-5-3-11-23(25)26(28)30/h2-6,8-13,16H,7,14-15,17-19H2,1H3. The van der Waals surface area contributed by atoms with Gasteiger partial charge < -0.3 is 9.64 Å². The summed E-state index contributed by atoms with van der Waals surface area (Å²) >= 11 is 0. The van der Waals surface area contributed by atoms with Gasteiger partial charge >= 0.3 is 0 Å². The van der Waals surface area contributed by atoms with Crippen molar-refractivity contribution >= 4 is 5.91 Å². The van der Waals surface area contributed by atoms with Crippen molar-refractivity contribution in [3.05, 3.63) is 101 Å². The van der Waals surface area contributed by atoms with E-state index in [1.807, 2.05) is 49.5 Å². The molecule has 3 aromatic rings. The first-order chi connectivity index (χ1) is 15.1. The molecular weight excluding hydrogens is 391 g/mol. The van der Waals surface area contributed by atoms with Crippen LogP contribution in [0.25, 0.3) is 0 Å². The van der Waals surface area contributed by atoms with Crippen LogP contribution in [0.3, 0.4) is 0 Å². The predicted octanol–water partition coefficient (Wildman–Crippen LogP) is 4.88. The molecule has 0 atom stereocenters. The molecule has 0 saturated heterocycles. The van der Waals surface area contributed by atoms with Crippen LogP contribution in [-0.2, 0) is 19.6 Å². The summed E-state index contributed by atoms with van der Waals surface area (Å²) in [6.07, 6.45) is 0.770. The Hall–Kier alpha value is -3.18. The molecule has 1 aliphatic rings. The van der Waals surface area contributed by atoms with Gasteiger partial charge in [0.2, 0.25) is 0 Å². The number of nitrogens with zero attached hydrogens (tertiary/aromatic N) is 2. The lowest BCUT2D eigenvalue weighted by molar-refractivity contribution is 0.0780. The number of para-hydroxylation sites is 1. The van der Waals surface area contributed by atoms with Crippen molar-refractivity contribution in [3.8, 4) is 5.75 Å². The Balaban J connectivity index is 1.62. The van der Waals surface area contributed by atoms with E-state index in [0.29, 0.717) is 43.1 Å². The maximum absolute atomic E-state index is 14.3. The lowest BCUT2D eigenvalue weighted by Crippen LogP contribution is -2.28. The molecule has 0 fully saturated rings. The second-order valence-corrected chi connectivity index (χ2v) is 7.98. The molecule has 1 aliphatic heterocycles. The third-order valence-electron chi connectivity index (χ3n) is 5.51. The van der Waals surface area contributed by atoms with E-state index in [1.54, 1.807) is 17.0 Å². The SMILES string of the molecule is CN1Cc2cccc(c2)CN(Cc2ccccc2F)CCCOc2ccccc2C1=O. The average molecular weight is 419 g/mol. The Labute approximate surface area is 182 Å². The van der Waals surface area contributed by atoms with Crippen LogP contribution in [0.5, 0.6) is 5.75 Å². The molecule has 1 amide bonds. The van der Waals surface area contributed by atoms with Gasteiger partial charge in [-0.05, 0) is 35.7 Å². The quantitative estimate of drug-likeness (QED) is 0.595. The number of amides is 1. The van der Waals surface area contributed by atoms with E-state index in [4.69, 9.17) is 4.74 Å². The first kappa shape index (κ1) is 21.1. The zero-order valence-corrected chi connectivity index (χ0v) is 17.8. The summed E-state index contributed by atoms with van der Waals surface area (Å²) in [5.74, 6) is 0.367. The smallest absolute Gasteiger partial charge is 0.257 e. The van der Waals surface area contributed by atoms with Gasteiger partial charge in [0.15, 0.2) is 0 Å². The van der Waals surface area contributed by atoms with Crippen LogP contribution in [0.4, 0.5) is 4.39 Å². The fourth-order valence-electron chi connectivity index (χ4n) is 3.96. The van der Waals surface area contributed by atoms with Crippen molar-refractivity contribution < 1.29 is 13.9 Å². The van der Waals surface area contributed by atoms with E-state index in [2.05, 4.69) is 17.0 Å². The summed E-state index contributed by atoms with van der Waals surface area (Å²) in [7, 11) is 1.81. The Morgan fingerprint density at radius 2 is 1.68 bits per heavy atom. The van der Waals surface area contributed by atoms with Crippen LogP contribution in [-0.4, -0.2) is 35.9 Å². The third kappa shape index (κ3) is 5.30. The Kier molecular flexibility index (Phi) is 6.63. The molecule has 1 heterocycles. The first-order valence-electron chi connectivity index (χ1n) is 10.6. The summed E-state index contributed by atoms with van der Waals surface area (Å²) in [5.41, 5.74) is 3.47. The summed E-state index contributed by atoms with van der Waals surface area (Å²) in [6.45, 7) is 2.99. The van der Waals surface area contributed by atoms with Crippen LogP contribution >= 0.6 is 0 Å². The number of ether oxygens (including phenoxy) is 1. The van der Waals surface area contributed by atoms with Gasteiger partial charge in [-0.1, -0.05) is 54.6 Å². The second-order valence-electron chi connectivity index (χ2n) is 7.98. The second kappa shape index (κ2) is 9.75. The van der Waals surface area contributed by atoms with E-state index in [9.17, 15) is 9.18 Å². The van der Waals surface area contributed by atoms with Crippen molar-refractivity contribution in [2.24, 2.45) is 0 Å². The maximum atomic E-state index is 14.3. The number of benzene rings is 3. The van der Waals surface area contributed by atoms with Gasteiger partial charge in [-0.15, -0.1) is 0 Å². The number of rotatable bonds is 2. The average Bonchev–Trinajstić information content (AvgIpc) is 2.77. The normalized spacial score (nSPS) is 15.7. The molecule has 31 heavy (non-hydrogen) atoms. The van der Waals surface area contributed by atoms with Gasteiger partial charge in [-0.2, -0.15) is 0 Å². The number of carbonyl (C=O) groups is 1. The minimum Gasteiger partial charge on any atom is -0.493 e. The molecule has 0 aromatic heterocycles. The molecular formula is C26H27FN2O2. The number of hydrogen-bond donors (Lipinski definition) is 0. The molecule has 0 radical (unpaired) electrons. The molecule has 0 saturated carbocycles. The highest BCUT2D eigenvalue weighted by Gasteiger charge is 2.18. The van der Waals surface area contributed by atoms with Crippen molar-refractivity contribution in [1.29, 1.82) is 0 Å². The highest BCUT2D eigenvalue weighted by atomic mass is 19.1. The number of hydrogen-bond acceptors (Lipinski definition) is 3. The first-order valence-corrected chi connectivity index (χ1v) is 10.6. The van der Waals surface area contributed by atoms with Crippen molar-refractivity contribution in [1.82, 2.24) is 9.80 Å². The summed E-state index contributed by atoms with van der Waals surface area (Å²) in [5, 5.41) is 0. The molecule has 5 heteroatoms.